The lowest BCUT2D eigenvalue weighted by atomic mass is 10.3. The largest absolute Gasteiger partial charge is 0.350 e. The summed E-state index contributed by atoms with van der Waals surface area (Å²) in [5.41, 5.74) is 1.17. The van der Waals surface area contributed by atoms with Gasteiger partial charge in [-0.25, -0.2) is 0 Å². The Hall–Kier alpha value is -0.690. The number of amides is 1. The molecular formula is C13H14ClNO2S3. The third-order valence-corrected chi connectivity index (χ3v) is 6.29. The zero-order valence-electron chi connectivity index (χ0n) is 10.8. The molecule has 1 N–H and O–H groups in total. The van der Waals surface area contributed by atoms with E-state index in [1.165, 1.54) is 16.9 Å². The number of nitrogens with one attached hydrogen (secondary N) is 1. The highest BCUT2D eigenvalue weighted by molar-refractivity contribution is 7.85. The summed E-state index contributed by atoms with van der Waals surface area (Å²) < 4.78 is 12.6. The third-order valence-electron chi connectivity index (χ3n) is 2.64. The summed E-state index contributed by atoms with van der Waals surface area (Å²) in [6.07, 6.45) is 0. The first kappa shape index (κ1) is 15.7. The molecule has 2 aromatic rings. The molecular weight excluding hydrogens is 334 g/mol. The van der Waals surface area contributed by atoms with Crippen molar-refractivity contribution in [2.24, 2.45) is 0 Å². The molecule has 2 aromatic heterocycles. The fourth-order valence-corrected chi connectivity index (χ4v) is 4.87. The zero-order chi connectivity index (χ0) is 14.5. The van der Waals surface area contributed by atoms with Crippen LogP contribution in [0.4, 0.5) is 0 Å². The highest BCUT2D eigenvalue weighted by Crippen LogP contribution is 2.22. The Labute approximate surface area is 133 Å². The van der Waals surface area contributed by atoms with Crippen LogP contribution in [0.1, 0.15) is 15.3 Å². The lowest BCUT2D eigenvalue weighted by molar-refractivity contribution is -0.118. The number of hydrogen-bond donors (Lipinski definition) is 1. The SMILES string of the molecule is Cc1ccsc1CNC(=O)CS(=O)Cc1ccc(Cl)s1. The molecule has 108 valence electrons. The standard InChI is InChI=1S/C13H14ClNO2S3/c1-9-4-5-18-11(9)6-15-13(16)8-20(17)7-10-2-3-12(14)19-10/h2-5H,6-8H2,1H3,(H,15,16). The van der Waals surface area contributed by atoms with E-state index in [-0.39, 0.29) is 11.7 Å². The lowest BCUT2D eigenvalue weighted by Gasteiger charge is -2.04. The molecule has 0 spiro atoms. The summed E-state index contributed by atoms with van der Waals surface area (Å²) in [5.74, 6) is 0.224. The van der Waals surface area contributed by atoms with E-state index in [1.807, 2.05) is 24.4 Å². The molecule has 0 aliphatic carbocycles. The number of carbonyl (C=O) groups is 1. The van der Waals surface area contributed by atoms with Crippen LogP contribution in [-0.2, 0) is 27.9 Å². The van der Waals surface area contributed by atoms with Crippen LogP contribution < -0.4 is 5.32 Å². The molecule has 0 aromatic carbocycles. The van der Waals surface area contributed by atoms with Gasteiger partial charge in [0.1, 0.15) is 5.75 Å². The summed E-state index contributed by atoms with van der Waals surface area (Å²) in [6, 6.07) is 5.64. The fourth-order valence-electron chi connectivity index (χ4n) is 1.60. The minimum Gasteiger partial charge on any atom is -0.350 e. The van der Waals surface area contributed by atoms with E-state index in [0.717, 1.165) is 9.75 Å². The molecule has 1 amide bonds. The average molecular weight is 348 g/mol. The van der Waals surface area contributed by atoms with E-state index >= 15 is 0 Å². The van der Waals surface area contributed by atoms with Crippen molar-refractivity contribution in [2.45, 2.75) is 19.2 Å². The van der Waals surface area contributed by atoms with Crippen molar-refractivity contribution < 1.29 is 9.00 Å². The second-order valence-corrected chi connectivity index (χ2v) is 8.50. The van der Waals surface area contributed by atoms with E-state index in [4.69, 9.17) is 11.6 Å². The van der Waals surface area contributed by atoms with E-state index in [2.05, 4.69) is 5.32 Å². The average Bonchev–Trinajstić information content (AvgIpc) is 2.96. The van der Waals surface area contributed by atoms with Gasteiger partial charge in [0.05, 0.1) is 16.6 Å². The molecule has 1 unspecified atom stereocenters. The molecule has 7 heteroatoms. The monoisotopic (exact) mass is 347 g/mol. The Balaban J connectivity index is 1.76. The first-order valence-electron chi connectivity index (χ1n) is 5.93. The quantitative estimate of drug-likeness (QED) is 0.871. The van der Waals surface area contributed by atoms with Crippen LogP contribution in [0, 0.1) is 6.92 Å². The molecule has 2 heterocycles. The van der Waals surface area contributed by atoms with Crippen LogP contribution in [-0.4, -0.2) is 15.9 Å². The number of halogens is 1. The second-order valence-electron chi connectivity index (χ2n) is 4.24. The number of carbonyl (C=O) groups excluding carboxylic acids is 1. The fraction of sp³-hybridized carbons (Fsp3) is 0.308. The summed E-state index contributed by atoms with van der Waals surface area (Å²) in [6.45, 7) is 2.51. The van der Waals surface area contributed by atoms with Crippen molar-refractivity contribution in [2.75, 3.05) is 5.75 Å². The van der Waals surface area contributed by atoms with Gasteiger partial charge in [0.2, 0.25) is 5.91 Å². The van der Waals surface area contributed by atoms with Crippen molar-refractivity contribution in [1.82, 2.24) is 5.32 Å². The number of thiophene rings is 2. The van der Waals surface area contributed by atoms with E-state index in [1.54, 1.807) is 17.4 Å². The number of aryl methyl sites for hydroxylation is 1. The summed E-state index contributed by atoms with van der Waals surface area (Å²) in [7, 11) is -1.20. The Morgan fingerprint density at radius 2 is 2.20 bits per heavy atom. The lowest BCUT2D eigenvalue weighted by Crippen LogP contribution is -2.28. The summed E-state index contributed by atoms with van der Waals surface area (Å²) >= 11 is 8.82. The molecule has 3 nitrogen and oxygen atoms in total. The topological polar surface area (TPSA) is 46.2 Å². The second kappa shape index (κ2) is 7.36. The summed E-state index contributed by atoms with van der Waals surface area (Å²) in [4.78, 5) is 13.8. The van der Waals surface area contributed by atoms with Gasteiger partial charge in [-0.2, -0.15) is 0 Å². The molecule has 0 saturated carbocycles. The van der Waals surface area contributed by atoms with Gasteiger partial charge in [-0.3, -0.25) is 9.00 Å². The molecule has 2 rings (SSSR count). The van der Waals surface area contributed by atoms with Crippen LogP contribution in [0.2, 0.25) is 4.34 Å². The van der Waals surface area contributed by atoms with Crippen molar-refractivity contribution in [1.29, 1.82) is 0 Å². The molecule has 0 bridgehead atoms. The maximum atomic E-state index is 11.9. The normalized spacial score (nSPS) is 12.3. The Morgan fingerprint density at radius 1 is 1.40 bits per heavy atom. The van der Waals surface area contributed by atoms with Gasteiger partial charge in [-0.15, -0.1) is 22.7 Å². The van der Waals surface area contributed by atoms with Crippen LogP contribution in [0.15, 0.2) is 23.6 Å². The van der Waals surface area contributed by atoms with Crippen molar-refractivity contribution in [3.05, 3.63) is 43.2 Å². The van der Waals surface area contributed by atoms with Gasteiger partial charge in [-0.05, 0) is 36.1 Å². The molecule has 0 saturated heterocycles. The molecule has 0 aliphatic rings. The van der Waals surface area contributed by atoms with E-state index < -0.39 is 10.8 Å². The highest BCUT2D eigenvalue weighted by atomic mass is 35.5. The maximum absolute atomic E-state index is 11.9. The van der Waals surface area contributed by atoms with Crippen LogP contribution in [0.3, 0.4) is 0 Å². The van der Waals surface area contributed by atoms with Crippen molar-refractivity contribution in [3.63, 3.8) is 0 Å². The van der Waals surface area contributed by atoms with Crippen LogP contribution in [0.25, 0.3) is 0 Å². The highest BCUT2D eigenvalue weighted by Gasteiger charge is 2.10. The molecule has 20 heavy (non-hydrogen) atoms. The maximum Gasteiger partial charge on any atom is 0.232 e. The van der Waals surface area contributed by atoms with Gasteiger partial charge >= 0.3 is 0 Å². The summed E-state index contributed by atoms with van der Waals surface area (Å²) in [5, 5.41) is 4.80. The predicted octanol–water partition coefficient (Wildman–Crippen LogP) is 3.34. The minimum atomic E-state index is -1.20. The molecule has 0 aliphatic heterocycles. The number of rotatable bonds is 6. The van der Waals surface area contributed by atoms with Crippen molar-refractivity contribution in [3.8, 4) is 0 Å². The van der Waals surface area contributed by atoms with E-state index in [9.17, 15) is 9.00 Å². The Morgan fingerprint density at radius 3 is 2.80 bits per heavy atom. The van der Waals surface area contributed by atoms with Crippen LogP contribution in [0.5, 0.6) is 0 Å². The van der Waals surface area contributed by atoms with Gasteiger partial charge in [0.25, 0.3) is 0 Å². The van der Waals surface area contributed by atoms with Gasteiger partial charge in [0.15, 0.2) is 0 Å². The minimum absolute atomic E-state index is 0.0277. The smallest absolute Gasteiger partial charge is 0.232 e. The van der Waals surface area contributed by atoms with Gasteiger partial charge in [-0.1, -0.05) is 11.6 Å². The van der Waals surface area contributed by atoms with Crippen molar-refractivity contribution >= 4 is 51.0 Å². The first-order valence-corrected chi connectivity index (χ1v) is 9.49. The third kappa shape index (κ3) is 4.70. The van der Waals surface area contributed by atoms with Gasteiger partial charge < -0.3 is 5.32 Å². The molecule has 0 fully saturated rings. The Kier molecular flexibility index (Phi) is 5.77. The number of hydrogen-bond acceptors (Lipinski definition) is 4. The van der Waals surface area contributed by atoms with E-state index in [0.29, 0.717) is 16.6 Å². The molecule has 0 radical (unpaired) electrons. The predicted molar refractivity (Wildman–Crippen MR) is 86.9 cm³/mol. The first-order chi connectivity index (χ1) is 9.54. The zero-order valence-corrected chi connectivity index (χ0v) is 14.1. The molecule has 1 atom stereocenters. The van der Waals surface area contributed by atoms with Crippen LogP contribution >= 0.6 is 34.3 Å². The van der Waals surface area contributed by atoms with Gasteiger partial charge in [0, 0.05) is 20.6 Å². The Bertz CT molecular complexity index is 621.